The van der Waals surface area contributed by atoms with E-state index in [9.17, 15) is 4.79 Å². The number of allylic oxidation sites excluding steroid dienone is 1. The first-order valence-electron chi connectivity index (χ1n) is 15.1. The molecule has 44 heavy (non-hydrogen) atoms. The summed E-state index contributed by atoms with van der Waals surface area (Å²) in [6, 6.07) is 21.7. The first-order valence-corrected chi connectivity index (χ1v) is 15.1. The topological polar surface area (TPSA) is 93.2 Å². The Labute approximate surface area is 258 Å². The number of aromatic nitrogens is 4. The van der Waals surface area contributed by atoms with E-state index in [1.54, 1.807) is 22.0 Å². The fraction of sp³-hybridized carbons (Fsp3) is 0.278. The van der Waals surface area contributed by atoms with Gasteiger partial charge in [0.05, 0.1) is 40.7 Å². The Morgan fingerprint density at radius 2 is 1.80 bits per heavy atom. The molecule has 0 fully saturated rings. The van der Waals surface area contributed by atoms with Gasteiger partial charge in [0.15, 0.2) is 0 Å². The van der Waals surface area contributed by atoms with Crippen LogP contribution in [-0.2, 0) is 11.0 Å². The summed E-state index contributed by atoms with van der Waals surface area (Å²) in [6.07, 6.45) is 13.1. The van der Waals surface area contributed by atoms with Gasteiger partial charge in [0, 0.05) is 35.8 Å². The Kier molecular flexibility index (Phi) is 7.45. The zero-order valence-electron chi connectivity index (χ0n) is 26.0. The standard InChI is InChI=1S/C36H39N7O/c1-25-15-16-27(24-39-25)43-33(22-32(40-43)35(2,3)4)42(34(37)44)31-18-17-30(28-13-7-8-14-29(28)31)36(19-9-6-10-20-36)41(5)26-12-11-21-38-23-26/h7-9,11-19,21-24H,6,10,20H2,1-5H3,(H2,37,44). The number of carbonyl (C=O) groups excluding carboxylic acids is 1. The molecule has 1 aliphatic carbocycles. The van der Waals surface area contributed by atoms with Gasteiger partial charge in [0.25, 0.3) is 0 Å². The zero-order chi connectivity index (χ0) is 31.1. The lowest BCUT2D eigenvalue weighted by atomic mass is 9.77. The van der Waals surface area contributed by atoms with Crippen LogP contribution in [0, 0.1) is 6.92 Å². The normalized spacial score (nSPS) is 16.7. The van der Waals surface area contributed by atoms with Crippen molar-refractivity contribution in [2.75, 3.05) is 16.8 Å². The van der Waals surface area contributed by atoms with E-state index >= 15 is 0 Å². The number of pyridine rings is 2. The molecule has 0 bridgehead atoms. The van der Waals surface area contributed by atoms with E-state index in [-0.39, 0.29) is 5.41 Å². The van der Waals surface area contributed by atoms with Gasteiger partial charge in [-0.05, 0) is 67.5 Å². The van der Waals surface area contributed by atoms with Crippen molar-refractivity contribution in [1.29, 1.82) is 0 Å². The van der Waals surface area contributed by atoms with Crippen LogP contribution in [0.1, 0.15) is 57.0 Å². The van der Waals surface area contributed by atoms with Crippen LogP contribution in [0.15, 0.2) is 97.5 Å². The quantitative estimate of drug-likeness (QED) is 0.206. The molecule has 8 nitrogen and oxygen atoms in total. The number of urea groups is 1. The van der Waals surface area contributed by atoms with Crippen LogP contribution < -0.4 is 15.5 Å². The number of hydrogen-bond donors (Lipinski definition) is 1. The number of hydrogen-bond acceptors (Lipinski definition) is 5. The Hall–Kier alpha value is -4.98. The zero-order valence-corrected chi connectivity index (χ0v) is 26.0. The molecule has 0 spiro atoms. The number of primary amides is 1. The first kappa shape index (κ1) is 29.1. The van der Waals surface area contributed by atoms with Gasteiger partial charge in [-0.2, -0.15) is 5.10 Å². The highest BCUT2D eigenvalue weighted by atomic mass is 16.2. The van der Waals surface area contributed by atoms with Gasteiger partial charge >= 0.3 is 6.03 Å². The summed E-state index contributed by atoms with van der Waals surface area (Å²) in [5.74, 6) is 0.561. The molecule has 0 saturated carbocycles. The van der Waals surface area contributed by atoms with Gasteiger partial charge in [-0.15, -0.1) is 0 Å². The maximum atomic E-state index is 13.4. The third-order valence-corrected chi connectivity index (χ3v) is 8.61. The molecular formula is C36H39N7O. The van der Waals surface area contributed by atoms with Crippen molar-refractivity contribution in [1.82, 2.24) is 19.7 Å². The molecule has 2 N–H and O–H groups in total. The van der Waals surface area contributed by atoms with Crippen molar-refractivity contribution < 1.29 is 4.79 Å². The van der Waals surface area contributed by atoms with Gasteiger partial charge in [0.1, 0.15) is 5.82 Å². The second-order valence-corrected chi connectivity index (χ2v) is 12.5. The molecule has 2 amide bonds. The molecule has 1 aliphatic rings. The highest BCUT2D eigenvalue weighted by Crippen LogP contribution is 2.45. The fourth-order valence-electron chi connectivity index (χ4n) is 6.20. The molecule has 3 heterocycles. The smallest absolute Gasteiger partial charge is 0.325 e. The number of nitrogens with zero attached hydrogens (tertiary/aromatic N) is 6. The van der Waals surface area contributed by atoms with Crippen molar-refractivity contribution in [3.8, 4) is 5.69 Å². The lowest BCUT2D eigenvalue weighted by molar-refractivity contribution is 0.256. The number of rotatable bonds is 6. The van der Waals surface area contributed by atoms with Crippen molar-refractivity contribution in [3.63, 3.8) is 0 Å². The summed E-state index contributed by atoms with van der Waals surface area (Å²) in [7, 11) is 2.13. The molecule has 1 atom stereocenters. The van der Waals surface area contributed by atoms with Crippen LogP contribution in [0.25, 0.3) is 16.5 Å². The number of carbonyl (C=O) groups is 1. The molecule has 0 aliphatic heterocycles. The van der Waals surface area contributed by atoms with Crippen LogP contribution in [0.4, 0.5) is 22.0 Å². The fourth-order valence-corrected chi connectivity index (χ4v) is 6.20. The summed E-state index contributed by atoms with van der Waals surface area (Å²) in [5.41, 5.74) is 10.9. The van der Waals surface area contributed by atoms with E-state index in [1.165, 1.54) is 0 Å². The van der Waals surface area contributed by atoms with Crippen molar-refractivity contribution in [2.24, 2.45) is 5.73 Å². The Balaban J connectivity index is 1.57. The van der Waals surface area contributed by atoms with Gasteiger partial charge in [-0.1, -0.05) is 63.3 Å². The average molecular weight is 586 g/mol. The average Bonchev–Trinajstić information content (AvgIpc) is 3.47. The molecule has 0 saturated heterocycles. The van der Waals surface area contributed by atoms with E-state index in [0.29, 0.717) is 11.5 Å². The van der Waals surface area contributed by atoms with Gasteiger partial charge < -0.3 is 10.6 Å². The Morgan fingerprint density at radius 1 is 1.00 bits per heavy atom. The maximum Gasteiger partial charge on any atom is 0.325 e. The van der Waals surface area contributed by atoms with Crippen molar-refractivity contribution in [2.45, 2.75) is 57.9 Å². The number of aryl methyl sites for hydroxylation is 1. The SMILES string of the molecule is Cc1ccc(-n2nc(C(C)(C)C)cc2N(C(N)=O)c2ccc(C3(N(C)c4cccnc4)C=CCCC3)c3ccccc23)cn1. The summed E-state index contributed by atoms with van der Waals surface area (Å²) < 4.78 is 1.77. The minimum atomic E-state index is -0.593. The molecule has 5 aromatic rings. The number of fused-ring (bicyclic) bond motifs is 1. The molecule has 224 valence electrons. The monoisotopic (exact) mass is 585 g/mol. The van der Waals surface area contributed by atoms with Crippen molar-refractivity contribution >= 4 is 34.0 Å². The highest BCUT2D eigenvalue weighted by molar-refractivity contribution is 6.08. The first-order chi connectivity index (χ1) is 21.1. The highest BCUT2D eigenvalue weighted by Gasteiger charge is 2.38. The van der Waals surface area contributed by atoms with Gasteiger partial charge in [-0.3, -0.25) is 9.97 Å². The van der Waals surface area contributed by atoms with Crippen LogP contribution in [-0.4, -0.2) is 32.8 Å². The van der Waals surface area contributed by atoms with Crippen LogP contribution in [0.3, 0.4) is 0 Å². The van der Waals surface area contributed by atoms with E-state index in [2.05, 4.69) is 85.2 Å². The molecule has 8 heteroatoms. The van der Waals surface area contributed by atoms with Gasteiger partial charge in [0.2, 0.25) is 0 Å². The van der Waals surface area contributed by atoms with E-state index in [4.69, 9.17) is 10.8 Å². The number of amides is 2. The molecule has 2 aromatic carbocycles. The molecule has 6 rings (SSSR count). The number of anilines is 3. The van der Waals surface area contributed by atoms with E-state index in [0.717, 1.165) is 58.4 Å². The second-order valence-electron chi connectivity index (χ2n) is 12.5. The minimum absolute atomic E-state index is 0.260. The summed E-state index contributed by atoms with van der Waals surface area (Å²) in [5, 5.41) is 6.93. The largest absolute Gasteiger partial charge is 0.360 e. The predicted octanol–water partition coefficient (Wildman–Crippen LogP) is 7.71. The maximum absolute atomic E-state index is 13.4. The Bertz CT molecular complexity index is 1840. The number of nitrogens with two attached hydrogens (primary N) is 1. The van der Waals surface area contributed by atoms with Gasteiger partial charge in [-0.25, -0.2) is 14.4 Å². The van der Waals surface area contributed by atoms with Crippen LogP contribution in [0.2, 0.25) is 0 Å². The van der Waals surface area contributed by atoms with Crippen LogP contribution in [0.5, 0.6) is 0 Å². The predicted molar refractivity (Wildman–Crippen MR) is 178 cm³/mol. The van der Waals surface area contributed by atoms with Crippen LogP contribution >= 0.6 is 0 Å². The minimum Gasteiger partial charge on any atom is -0.360 e. The third kappa shape index (κ3) is 5.10. The molecule has 3 aromatic heterocycles. The molecule has 0 radical (unpaired) electrons. The Morgan fingerprint density at radius 3 is 2.43 bits per heavy atom. The second kappa shape index (κ2) is 11.3. The lowest BCUT2D eigenvalue weighted by Gasteiger charge is -2.44. The van der Waals surface area contributed by atoms with Crippen molar-refractivity contribution in [3.05, 3.63) is 114 Å². The summed E-state index contributed by atoms with van der Waals surface area (Å²) in [4.78, 5) is 26.2. The summed E-state index contributed by atoms with van der Waals surface area (Å²) >= 11 is 0. The van der Waals surface area contributed by atoms with E-state index in [1.807, 2.05) is 49.5 Å². The molecule has 1 unspecified atom stereocenters. The third-order valence-electron chi connectivity index (χ3n) is 8.61. The number of benzene rings is 2. The summed E-state index contributed by atoms with van der Waals surface area (Å²) in [6.45, 7) is 8.25. The lowest BCUT2D eigenvalue weighted by Crippen LogP contribution is -2.44. The number of likely N-dealkylation sites (N-methyl/N-ethyl adjacent to an activating group) is 1. The molecular weight excluding hydrogens is 546 g/mol. The van der Waals surface area contributed by atoms with E-state index < -0.39 is 11.6 Å².